The van der Waals surface area contributed by atoms with Crippen molar-refractivity contribution in [2.75, 3.05) is 0 Å². The molecule has 35 heavy (non-hydrogen) atoms. The van der Waals surface area contributed by atoms with Crippen LogP contribution in [0.25, 0.3) is 27.7 Å². The average molecular weight is 465 g/mol. The van der Waals surface area contributed by atoms with Crippen LogP contribution >= 0.6 is 0 Å². The Morgan fingerprint density at radius 2 is 1.54 bits per heavy atom. The highest BCUT2D eigenvalue weighted by atomic mass is 16.7. The maximum Gasteiger partial charge on any atom is 0.511 e. The number of phenols is 1. The summed E-state index contributed by atoms with van der Waals surface area (Å²) in [6.07, 6.45) is -1.43. The van der Waals surface area contributed by atoms with Gasteiger partial charge in [0.05, 0.1) is 5.52 Å². The summed E-state index contributed by atoms with van der Waals surface area (Å²) in [6.45, 7) is 0. The van der Waals surface area contributed by atoms with Crippen molar-refractivity contribution in [1.82, 2.24) is 4.57 Å². The molecular formula is C27H19N3O5. The largest absolute Gasteiger partial charge is 0.511 e. The number of aromatic hydroxyl groups is 2. The van der Waals surface area contributed by atoms with E-state index in [1.54, 1.807) is 34.9 Å². The van der Waals surface area contributed by atoms with E-state index in [9.17, 15) is 15.0 Å². The van der Waals surface area contributed by atoms with Gasteiger partial charge in [0.15, 0.2) is 11.4 Å². The monoisotopic (exact) mass is 465 g/mol. The van der Waals surface area contributed by atoms with Crippen LogP contribution in [0.5, 0.6) is 17.4 Å². The number of hydrogen-bond donors (Lipinski definition) is 3. The van der Waals surface area contributed by atoms with Crippen LogP contribution < -0.4 is 4.74 Å². The SMILES string of the molecule is O=C(O)Oc1cccc(-c2cccc(N=Nc3c(O)n(-c4ccccc4)c4ccccc34)c2O)c1. The first-order valence-electron chi connectivity index (χ1n) is 10.7. The molecule has 3 N–H and O–H groups in total. The number of carbonyl (C=O) groups is 1. The molecule has 0 atom stereocenters. The van der Waals surface area contributed by atoms with Crippen molar-refractivity contribution in [3.63, 3.8) is 0 Å². The van der Waals surface area contributed by atoms with Gasteiger partial charge in [-0.3, -0.25) is 4.57 Å². The quantitative estimate of drug-likeness (QED) is 0.144. The normalized spacial score (nSPS) is 11.2. The number of para-hydroxylation sites is 3. The third kappa shape index (κ3) is 4.16. The molecule has 0 aliphatic heterocycles. The summed E-state index contributed by atoms with van der Waals surface area (Å²) >= 11 is 0. The highest BCUT2D eigenvalue weighted by Crippen LogP contribution is 2.43. The number of azo groups is 1. The lowest BCUT2D eigenvalue weighted by Crippen LogP contribution is -2.02. The topological polar surface area (TPSA) is 117 Å². The molecule has 0 unspecified atom stereocenters. The molecular weight excluding hydrogens is 446 g/mol. The van der Waals surface area contributed by atoms with Gasteiger partial charge in [-0.25, -0.2) is 4.79 Å². The molecule has 5 aromatic rings. The van der Waals surface area contributed by atoms with Gasteiger partial charge in [-0.15, -0.1) is 10.2 Å². The van der Waals surface area contributed by atoms with E-state index in [-0.39, 0.29) is 28.8 Å². The van der Waals surface area contributed by atoms with Crippen molar-refractivity contribution >= 4 is 28.4 Å². The van der Waals surface area contributed by atoms with Crippen LogP contribution in [0.3, 0.4) is 0 Å². The van der Waals surface area contributed by atoms with Gasteiger partial charge in [-0.1, -0.05) is 60.7 Å². The van der Waals surface area contributed by atoms with Crippen molar-refractivity contribution < 1.29 is 24.9 Å². The van der Waals surface area contributed by atoms with Crippen LogP contribution in [-0.4, -0.2) is 26.0 Å². The zero-order valence-corrected chi connectivity index (χ0v) is 18.2. The highest BCUT2D eigenvalue weighted by molar-refractivity contribution is 5.96. The van der Waals surface area contributed by atoms with Crippen LogP contribution in [0.2, 0.25) is 0 Å². The van der Waals surface area contributed by atoms with Gasteiger partial charge >= 0.3 is 6.16 Å². The molecule has 0 bridgehead atoms. The van der Waals surface area contributed by atoms with Crippen molar-refractivity contribution in [3.8, 4) is 34.2 Å². The molecule has 172 valence electrons. The Hall–Kier alpha value is -5.11. The Morgan fingerprint density at radius 1 is 0.800 bits per heavy atom. The van der Waals surface area contributed by atoms with Gasteiger partial charge in [-0.2, -0.15) is 0 Å². The summed E-state index contributed by atoms with van der Waals surface area (Å²) in [5, 5.41) is 40.0. The Labute approximate surface area is 199 Å². The molecule has 0 radical (unpaired) electrons. The summed E-state index contributed by atoms with van der Waals surface area (Å²) in [5.74, 6) is -0.0922. The molecule has 0 saturated carbocycles. The summed E-state index contributed by atoms with van der Waals surface area (Å²) < 4.78 is 6.40. The van der Waals surface area contributed by atoms with Gasteiger partial charge in [0.1, 0.15) is 11.4 Å². The summed E-state index contributed by atoms with van der Waals surface area (Å²) in [4.78, 5) is 10.8. The lowest BCUT2D eigenvalue weighted by molar-refractivity contribution is 0.144. The molecule has 8 heteroatoms. The first kappa shape index (κ1) is 21.7. The van der Waals surface area contributed by atoms with E-state index in [2.05, 4.69) is 10.2 Å². The molecule has 1 aromatic heterocycles. The third-order valence-corrected chi connectivity index (χ3v) is 5.46. The summed E-state index contributed by atoms with van der Waals surface area (Å²) in [7, 11) is 0. The predicted molar refractivity (Wildman–Crippen MR) is 131 cm³/mol. The predicted octanol–water partition coefficient (Wildman–Crippen LogP) is 7.18. The van der Waals surface area contributed by atoms with Gasteiger partial charge in [-0.05, 0) is 42.0 Å². The Kier molecular flexibility index (Phi) is 5.60. The number of phenolic OH excluding ortho intramolecular Hbond substituents is 1. The van der Waals surface area contributed by atoms with Crippen molar-refractivity contribution in [3.05, 3.63) is 97.1 Å². The van der Waals surface area contributed by atoms with Gasteiger partial charge < -0.3 is 20.1 Å². The molecule has 0 saturated heterocycles. The van der Waals surface area contributed by atoms with E-state index < -0.39 is 6.16 Å². The Morgan fingerprint density at radius 3 is 2.34 bits per heavy atom. The van der Waals surface area contributed by atoms with Crippen LogP contribution in [0.4, 0.5) is 16.2 Å². The second-order valence-electron chi connectivity index (χ2n) is 7.63. The van der Waals surface area contributed by atoms with E-state index in [1.165, 1.54) is 12.1 Å². The molecule has 5 rings (SSSR count). The first-order valence-corrected chi connectivity index (χ1v) is 10.7. The van der Waals surface area contributed by atoms with Crippen LogP contribution in [0.1, 0.15) is 0 Å². The molecule has 1 heterocycles. The fraction of sp³-hybridized carbons (Fsp3) is 0. The minimum Gasteiger partial charge on any atom is -0.505 e. The molecule has 0 aliphatic rings. The van der Waals surface area contributed by atoms with Crippen LogP contribution in [0, 0.1) is 0 Å². The van der Waals surface area contributed by atoms with E-state index in [0.717, 1.165) is 11.2 Å². The second kappa shape index (κ2) is 9.03. The Bertz CT molecular complexity index is 1580. The number of aromatic nitrogens is 1. The first-order chi connectivity index (χ1) is 17.0. The van der Waals surface area contributed by atoms with E-state index in [4.69, 9.17) is 9.84 Å². The van der Waals surface area contributed by atoms with Crippen molar-refractivity contribution in [2.45, 2.75) is 0 Å². The lowest BCUT2D eigenvalue weighted by atomic mass is 10.0. The zero-order chi connectivity index (χ0) is 24.4. The molecule has 4 aromatic carbocycles. The lowest BCUT2D eigenvalue weighted by Gasteiger charge is -2.08. The smallest absolute Gasteiger partial charge is 0.505 e. The second-order valence-corrected chi connectivity index (χ2v) is 7.63. The average Bonchev–Trinajstić information content (AvgIpc) is 3.14. The van der Waals surface area contributed by atoms with E-state index >= 15 is 0 Å². The highest BCUT2D eigenvalue weighted by Gasteiger charge is 2.18. The van der Waals surface area contributed by atoms with Crippen molar-refractivity contribution in [2.24, 2.45) is 10.2 Å². The van der Waals surface area contributed by atoms with E-state index in [0.29, 0.717) is 16.5 Å². The van der Waals surface area contributed by atoms with Crippen molar-refractivity contribution in [1.29, 1.82) is 0 Å². The van der Waals surface area contributed by atoms with Crippen LogP contribution in [-0.2, 0) is 0 Å². The molecule has 0 fully saturated rings. The summed E-state index contributed by atoms with van der Waals surface area (Å²) in [5.41, 5.74) is 2.96. The molecule has 0 spiro atoms. The summed E-state index contributed by atoms with van der Waals surface area (Å²) in [6, 6.07) is 28.2. The molecule has 0 aliphatic carbocycles. The number of ether oxygens (including phenoxy) is 1. The maximum absolute atomic E-state index is 11.0. The maximum atomic E-state index is 11.0. The van der Waals surface area contributed by atoms with Gasteiger partial charge in [0.25, 0.3) is 0 Å². The van der Waals surface area contributed by atoms with Crippen LogP contribution in [0.15, 0.2) is 107 Å². The number of rotatable bonds is 5. The zero-order valence-electron chi connectivity index (χ0n) is 18.2. The fourth-order valence-electron chi connectivity index (χ4n) is 3.92. The number of benzene rings is 4. The standard InChI is InChI=1S/C27H19N3O5/c31-25-20(17-8-6-11-19(16-17)35-27(33)34)13-7-14-22(25)28-29-24-21-12-4-5-15-23(21)30(26(24)32)18-9-2-1-3-10-18/h1-16,31-32H,(H,33,34). The van der Waals surface area contributed by atoms with Gasteiger partial charge in [0, 0.05) is 16.6 Å². The minimum atomic E-state index is -1.43. The van der Waals surface area contributed by atoms with Gasteiger partial charge in [0.2, 0.25) is 5.88 Å². The third-order valence-electron chi connectivity index (χ3n) is 5.46. The van der Waals surface area contributed by atoms with E-state index in [1.807, 2.05) is 54.6 Å². The Balaban J connectivity index is 1.56. The number of fused-ring (bicyclic) bond motifs is 1. The number of carboxylic acid groups (broad SMARTS) is 1. The number of hydrogen-bond acceptors (Lipinski definition) is 6. The minimum absolute atomic E-state index is 0.0738. The number of nitrogens with zero attached hydrogens (tertiary/aromatic N) is 3. The molecule has 0 amide bonds. The fourth-order valence-corrected chi connectivity index (χ4v) is 3.92. The molecule has 8 nitrogen and oxygen atoms in total.